The van der Waals surface area contributed by atoms with Gasteiger partial charge in [-0.2, -0.15) is 0 Å². The highest BCUT2D eigenvalue weighted by Gasteiger charge is 2.23. The first-order valence-electron chi connectivity index (χ1n) is 10.4. The van der Waals surface area contributed by atoms with Crippen LogP contribution in [0.25, 0.3) is 27.9 Å². The fourth-order valence-electron chi connectivity index (χ4n) is 4.19. The summed E-state index contributed by atoms with van der Waals surface area (Å²) in [6.07, 6.45) is 5.79. The summed E-state index contributed by atoms with van der Waals surface area (Å²) < 4.78 is 13.9. The lowest BCUT2D eigenvalue weighted by Gasteiger charge is -2.22. The molecule has 1 fully saturated rings. The molecule has 5 rings (SSSR count). The molecule has 0 amide bonds. The van der Waals surface area contributed by atoms with E-state index in [0.29, 0.717) is 40.1 Å². The van der Waals surface area contributed by atoms with E-state index in [1.165, 1.54) is 0 Å². The number of fused-ring (bicyclic) bond motifs is 2. The van der Waals surface area contributed by atoms with Crippen molar-refractivity contribution in [2.75, 3.05) is 26.3 Å². The molecule has 160 valence electrons. The molecule has 8 nitrogen and oxygen atoms in total. The first-order valence-corrected chi connectivity index (χ1v) is 10.4. The molecule has 8 heteroatoms. The van der Waals surface area contributed by atoms with Crippen molar-refractivity contribution >= 4 is 16.5 Å². The van der Waals surface area contributed by atoms with E-state index in [2.05, 4.69) is 15.0 Å². The summed E-state index contributed by atoms with van der Waals surface area (Å²) >= 11 is 0. The van der Waals surface area contributed by atoms with Gasteiger partial charge in [-0.05, 0) is 55.8 Å². The SMILES string of the molecule is OC[C@@H]1CCCN1CCOc1ccc2oc(-c3cc4cccn4cn3)c/c(=N/O)c2c1. The van der Waals surface area contributed by atoms with Gasteiger partial charge in [-0.1, -0.05) is 5.16 Å². The molecule has 0 saturated carbocycles. The molecule has 31 heavy (non-hydrogen) atoms. The Morgan fingerprint density at radius 1 is 1.23 bits per heavy atom. The highest BCUT2D eigenvalue weighted by molar-refractivity contribution is 5.80. The average Bonchev–Trinajstić information content (AvgIpc) is 3.46. The Morgan fingerprint density at radius 2 is 2.16 bits per heavy atom. The average molecular weight is 420 g/mol. The summed E-state index contributed by atoms with van der Waals surface area (Å²) in [5.41, 5.74) is 2.23. The number of ether oxygens (including phenoxy) is 1. The summed E-state index contributed by atoms with van der Waals surface area (Å²) in [6.45, 7) is 2.46. The van der Waals surface area contributed by atoms with E-state index in [1.807, 2.05) is 47.0 Å². The fourth-order valence-corrected chi connectivity index (χ4v) is 4.19. The topological polar surface area (TPSA) is 95.7 Å². The summed E-state index contributed by atoms with van der Waals surface area (Å²) in [5, 5.41) is 23.5. The summed E-state index contributed by atoms with van der Waals surface area (Å²) in [5.74, 6) is 1.19. The minimum Gasteiger partial charge on any atom is -0.492 e. The van der Waals surface area contributed by atoms with Gasteiger partial charge in [0.1, 0.15) is 29.0 Å². The molecule has 4 heterocycles. The Kier molecular flexibility index (Phi) is 5.31. The van der Waals surface area contributed by atoms with Crippen LogP contribution in [-0.4, -0.2) is 56.9 Å². The predicted octanol–water partition coefficient (Wildman–Crippen LogP) is 2.87. The van der Waals surface area contributed by atoms with E-state index in [-0.39, 0.29) is 12.6 Å². The van der Waals surface area contributed by atoms with Gasteiger partial charge >= 0.3 is 0 Å². The monoisotopic (exact) mass is 420 g/mol. The van der Waals surface area contributed by atoms with Crippen LogP contribution in [0.4, 0.5) is 0 Å². The molecule has 2 N–H and O–H groups in total. The van der Waals surface area contributed by atoms with Crippen LogP contribution in [0.1, 0.15) is 12.8 Å². The maximum atomic E-state index is 9.60. The molecule has 0 radical (unpaired) electrons. The van der Waals surface area contributed by atoms with Gasteiger partial charge in [0, 0.05) is 30.4 Å². The van der Waals surface area contributed by atoms with Crippen molar-refractivity contribution in [3.05, 3.63) is 60.3 Å². The Hall–Kier alpha value is -3.36. The van der Waals surface area contributed by atoms with E-state index in [1.54, 1.807) is 12.4 Å². The Bertz CT molecular complexity index is 1280. The molecule has 1 aliphatic heterocycles. The van der Waals surface area contributed by atoms with E-state index in [0.717, 1.165) is 31.4 Å². The maximum Gasteiger partial charge on any atom is 0.155 e. The summed E-state index contributed by atoms with van der Waals surface area (Å²) in [4.78, 5) is 6.70. The molecule has 1 saturated heterocycles. The lowest BCUT2D eigenvalue weighted by Crippen LogP contribution is -2.35. The molecule has 0 spiro atoms. The highest BCUT2D eigenvalue weighted by atomic mass is 16.5. The minimum atomic E-state index is 0.188. The third-order valence-electron chi connectivity index (χ3n) is 5.85. The number of hydrogen-bond acceptors (Lipinski definition) is 7. The van der Waals surface area contributed by atoms with Crippen molar-refractivity contribution in [1.29, 1.82) is 0 Å². The van der Waals surface area contributed by atoms with E-state index >= 15 is 0 Å². The van der Waals surface area contributed by atoms with Crippen LogP contribution in [0, 0.1) is 0 Å². The van der Waals surface area contributed by atoms with Gasteiger partial charge in [0.05, 0.1) is 18.3 Å². The van der Waals surface area contributed by atoms with E-state index in [9.17, 15) is 10.3 Å². The van der Waals surface area contributed by atoms with Gasteiger partial charge in [-0.3, -0.25) is 4.90 Å². The van der Waals surface area contributed by atoms with Crippen LogP contribution in [0.5, 0.6) is 5.75 Å². The number of aliphatic hydroxyl groups is 1. The van der Waals surface area contributed by atoms with Gasteiger partial charge in [0.15, 0.2) is 5.76 Å². The number of benzene rings is 1. The third-order valence-corrected chi connectivity index (χ3v) is 5.85. The highest BCUT2D eigenvalue weighted by Crippen LogP contribution is 2.25. The van der Waals surface area contributed by atoms with Gasteiger partial charge in [-0.15, -0.1) is 0 Å². The molecule has 1 aliphatic rings. The van der Waals surface area contributed by atoms with Crippen LogP contribution in [-0.2, 0) is 0 Å². The molecule has 0 aliphatic carbocycles. The number of nitrogens with zero attached hydrogens (tertiary/aromatic N) is 4. The van der Waals surface area contributed by atoms with Crippen molar-refractivity contribution in [1.82, 2.24) is 14.3 Å². The Morgan fingerprint density at radius 3 is 3.03 bits per heavy atom. The zero-order valence-corrected chi connectivity index (χ0v) is 17.0. The van der Waals surface area contributed by atoms with Crippen LogP contribution < -0.4 is 10.1 Å². The largest absolute Gasteiger partial charge is 0.492 e. The second kappa shape index (κ2) is 8.41. The van der Waals surface area contributed by atoms with Gasteiger partial charge in [0.25, 0.3) is 0 Å². The van der Waals surface area contributed by atoms with Crippen LogP contribution >= 0.6 is 0 Å². The predicted molar refractivity (Wildman–Crippen MR) is 115 cm³/mol. The normalized spacial score (nSPS) is 17.7. The Labute approximate surface area is 178 Å². The molecule has 0 unspecified atom stereocenters. The van der Waals surface area contributed by atoms with E-state index in [4.69, 9.17) is 9.15 Å². The zero-order valence-electron chi connectivity index (χ0n) is 17.0. The lowest BCUT2D eigenvalue weighted by molar-refractivity contribution is 0.139. The molecule has 3 aromatic heterocycles. The van der Waals surface area contributed by atoms with Crippen molar-refractivity contribution in [3.8, 4) is 17.2 Å². The van der Waals surface area contributed by atoms with Crippen LogP contribution in [0.3, 0.4) is 0 Å². The van der Waals surface area contributed by atoms with Crippen molar-refractivity contribution in [2.24, 2.45) is 5.16 Å². The van der Waals surface area contributed by atoms with Gasteiger partial charge < -0.3 is 23.9 Å². The number of likely N-dealkylation sites (tertiary alicyclic amines) is 1. The second-order valence-corrected chi connectivity index (χ2v) is 7.73. The van der Waals surface area contributed by atoms with Crippen LogP contribution in [0.15, 0.2) is 64.6 Å². The maximum absolute atomic E-state index is 9.60. The lowest BCUT2D eigenvalue weighted by atomic mass is 10.2. The summed E-state index contributed by atoms with van der Waals surface area (Å²) in [6, 6.07) is 13.2. The summed E-state index contributed by atoms with van der Waals surface area (Å²) in [7, 11) is 0. The molecular weight excluding hydrogens is 396 g/mol. The number of aromatic nitrogens is 2. The molecule has 0 bridgehead atoms. The third kappa shape index (κ3) is 3.87. The second-order valence-electron chi connectivity index (χ2n) is 7.73. The molecule has 4 aromatic rings. The van der Waals surface area contributed by atoms with Gasteiger partial charge in [0.2, 0.25) is 0 Å². The van der Waals surface area contributed by atoms with Crippen LogP contribution in [0.2, 0.25) is 0 Å². The first-order chi connectivity index (χ1) is 15.2. The fraction of sp³-hybridized carbons (Fsp3) is 0.304. The molecular formula is C23H24N4O4. The zero-order chi connectivity index (χ0) is 21.2. The standard InChI is InChI=1S/C23H24N4O4/c28-14-17-4-2-7-26(17)9-10-30-18-5-6-22-19(12-18)20(25-29)13-23(31-22)21-11-16-3-1-8-27(16)15-24-21/h1,3,5-6,8,11-13,15,17,28-29H,2,4,7,9-10,14H2/b25-20-/t17-/m0/s1. The minimum absolute atomic E-state index is 0.188. The van der Waals surface area contributed by atoms with Gasteiger partial charge in [-0.25, -0.2) is 4.98 Å². The van der Waals surface area contributed by atoms with Crippen molar-refractivity contribution in [2.45, 2.75) is 18.9 Å². The Balaban J connectivity index is 1.39. The number of hydrogen-bond donors (Lipinski definition) is 2. The molecule has 1 aromatic carbocycles. The van der Waals surface area contributed by atoms with E-state index < -0.39 is 0 Å². The smallest absolute Gasteiger partial charge is 0.155 e. The molecule has 1 atom stereocenters. The number of rotatable bonds is 6. The van der Waals surface area contributed by atoms with Crippen molar-refractivity contribution in [3.63, 3.8) is 0 Å². The first kappa shape index (κ1) is 19.6. The quantitative estimate of drug-likeness (QED) is 0.368. The van der Waals surface area contributed by atoms with Crippen molar-refractivity contribution < 1.29 is 19.5 Å². The number of aliphatic hydroxyl groups excluding tert-OH is 1.